The summed E-state index contributed by atoms with van der Waals surface area (Å²) in [6.07, 6.45) is 7.48. The van der Waals surface area contributed by atoms with Gasteiger partial charge in [-0.25, -0.2) is 4.39 Å². The molecule has 2 atom stereocenters. The summed E-state index contributed by atoms with van der Waals surface area (Å²) in [5.41, 5.74) is 0.462. The van der Waals surface area contributed by atoms with Crippen LogP contribution in [-0.2, 0) is 11.2 Å². The average molecular weight is 355 g/mol. The van der Waals surface area contributed by atoms with Gasteiger partial charge in [0.05, 0.1) is 5.56 Å². The normalized spacial score (nSPS) is 22.9. The third-order valence-electron chi connectivity index (χ3n) is 6.03. The Balaban J connectivity index is 1.33. The molecule has 1 aromatic carbocycles. The summed E-state index contributed by atoms with van der Waals surface area (Å²) >= 11 is 0. The summed E-state index contributed by atoms with van der Waals surface area (Å²) < 4.78 is 19.6. The van der Waals surface area contributed by atoms with Gasteiger partial charge in [0.1, 0.15) is 17.3 Å². The highest BCUT2D eigenvalue weighted by atomic mass is 19.1. The molecule has 2 aromatic rings. The van der Waals surface area contributed by atoms with Crippen LogP contribution in [0, 0.1) is 17.7 Å². The lowest BCUT2D eigenvalue weighted by Gasteiger charge is -2.41. The van der Waals surface area contributed by atoms with Crippen LogP contribution in [0.15, 0.2) is 40.8 Å². The first-order valence-electron chi connectivity index (χ1n) is 9.82. The number of halogens is 1. The van der Waals surface area contributed by atoms with Gasteiger partial charge in [-0.05, 0) is 48.9 Å². The Labute approximate surface area is 154 Å². The topological polar surface area (TPSA) is 33.5 Å². The van der Waals surface area contributed by atoms with E-state index in [0.29, 0.717) is 30.1 Å². The molecule has 0 spiro atoms. The largest absolute Gasteiger partial charge is 0.461 e. The van der Waals surface area contributed by atoms with E-state index in [-0.39, 0.29) is 11.7 Å². The molecule has 2 aliphatic rings. The molecule has 4 rings (SSSR count). The average Bonchev–Trinajstić information content (AvgIpc) is 3.15. The SMILES string of the molecule is O=C(CCc1ccc(-c2ccccc2F)o1)N1CC[C@H]2CCCC[C@H]2C1. The van der Waals surface area contributed by atoms with Gasteiger partial charge in [-0.2, -0.15) is 0 Å². The van der Waals surface area contributed by atoms with Gasteiger partial charge < -0.3 is 9.32 Å². The Hall–Kier alpha value is -2.10. The number of carbonyl (C=O) groups is 1. The summed E-state index contributed by atoms with van der Waals surface area (Å²) in [5, 5.41) is 0. The monoisotopic (exact) mass is 355 g/mol. The van der Waals surface area contributed by atoms with Crippen molar-refractivity contribution in [1.29, 1.82) is 0 Å². The molecule has 1 aliphatic carbocycles. The first kappa shape index (κ1) is 17.3. The molecule has 1 aliphatic heterocycles. The number of nitrogens with zero attached hydrogens (tertiary/aromatic N) is 1. The minimum absolute atomic E-state index is 0.220. The van der Waals surface area contributed by atoms with Gasteiger partial charge in [0, 0.05) is 25.9 Å². The van der Waals surface area contributed by atoms with E-state index in [1.165, 1.54) is 31.7 Å². The molecule has 0 radical (unpaired) electrons. The molecule has 3 nitrogen and oxygen atoms in total. The highest BCUT2D eigenvalue weighted by Gasteiger charge is 2.32. The van der Waals surface area contributed by atoms with Crippen LogP contribution in [0.25, 0.3) is 11.3 Å². The van der Waals surface area contributed by atoms with Crippen molar-refractivity contribution in [2.45, 2.75) is 44.9 Å². The zero-order valence-corrected chi connectivity index (χ0v) is 15.1. The van der Waals surface area contributed by atoms with E-state index < -0.39 is 0 Å². The van der Waals surface area contributed by atoms with Gasteiger partial charge in [0.2, 0.25) is 5.91 Å². The molecule has 1 amide bonds. The molecule has 2 heterocycles. The molecular formula is C22H26FNO2. The van der Waals surface area contributed by atoms with Gasteiger partial charge in [0.25, 0.3) is 0 Å². The Bertz CT molecular complexity index is 769. The minimum atomic E-state index is -0.292. The number of hydrogen-bond donors (Lipinski definition) is 0. The van der Waals surface area contributed by atoms with E-state index in [1.807, 2.05) is 11.0 Å². The maximum atomic E-state index is 13.9. The second-order valence-electron chi connectivity index (χ2n) is 7.68. The predicted molar refractivity (Wildman–Crippen MR) is 99.1 cm³/mol. The first-order valence-corrected chi connectivity index (χ1v) is 9.82. The van der Waals surface area contributed by atoms with Gasteiger partial charge in [-0.15, -0.1) is 0 Å². The second-order valence-corrected chi connectivity index (χ2v) is 7.68. The zero-order valence-electron chi connectivity index (χ0n) is 15.1. The fourth-order valence-corrected chi connectivity index (χ4v) is 4.53. The Morgan fingerprint density at radius 2 is 1.88 bits per heavy atom. The Morgan fingerprint density at radius 1 is 1.08 bits per heavy atom. The molecule has 26 heavy (non-hydrogen) atoms. The van der Waals surface area contributed by atoms with Crippen molar-refractivity contribution < 1.29 is 13.6 Å². The van der Waals surface area contributed by atoms with Crippen LogP contribution in [-0.4, -0.2) is 23.9 Å². The smallest absolute Gasteiger partial charge is 0.223 e. The maximum Gasteiger partial charge on any atom is 0.223 e. The van der Waals surface area contributed by atoms with E-state index in [4.69, 9.17) is 4.42 Å². The van der Waals surface area contributed by atoms with Crippen molar-refractivity contribution in [3.05, 3.63) is 48.0 Å². The maximum absolute atomic E-state index is 13.9. The lowest BCUT2D eigenvalue weighted by molar-refractivity contribution is -0.134. The third-order valence-corrected chi connectivity index (χ3v) is 6.03. The van der Waals surface area contributed by atoms with E-state index in [1.54, 1.807) is 24.3 Å². The number of fused-ring (bicyclic) bond motifs is 1. The molecule has 1 saturated carbocycles. The van der Waals surface area contributed by atoms with Crippen LogP contribution in [0.5, 0.6) is 0 Å². The fourth-order valence-electron chi connectivity index (χ4n) is 4.53. The lowest BCUT2D eigenvalue weighted by Crippen LogP contribution is -2.44. The molecule has 0 unspecified atom stereocenters. The summed E-state index contributed by atoms with van der Waals surface area (Å²) in [7, 11) is 0. The quantitative estimate of drug-likeness (QED) is 0.768. The third kappa shape index (κ3) is 3.69. The van der Waals surface area contributed by atoms with Crippen molar-refractivity contribution in [3.63, 3.8) is 0 Å². The van der Waals surface area contributed by atoms with Crippen LogP contribution in [0.4, 0.5) is 4.39 Å². The van der Waals surface area contributed by atoms with Crippen molar-refractivity contribution in [3.8, 4) is 11.3 Å². The lowest BCUT2D eigenvalue weighted by atomic mass is 9.75. The van der Waals surface area contributed by atoms with Crippen molar-refractivity contribution in [1.82, 2.24) is 4.90 Å². The van der Waals surface area contributed by atoms with Crippen LogP contribution >= 0.6 is 0 Å². The second kappa shape index (κ2) is 7.65. The Kier molecular flexibility index (Phi) is 5.09. The first-order chi connectivity index (χ1) is 12.7. The van der Waals surface area contributed by atoms with Gasteiger partial charge in [-0.1, -0.05) is 31.4 Å². The number of rotatable bonds is 4. The number of aryl methyl sites for hydroxylation is 1. The summed E-state index contributed by atoms with van der Waals surface area (Å²) in [4.78, 5) is 14.6. The molecule has 1 aromatic heterocycles. The number of piperidine rings is 1. The fraction of sp³-hybridized carbons (Fsp3) is 0.500. The molecule has 1 saturated heterocycles. The highest BCUT2D eigenvalue weighted by molar-refractivity contribution is 5.76. The molecule has 138 valence electrons. The van der Waals surface area contributed by atoms with Gasteiger partial charge >= 0.3 is 0 Å². The van der Waals surface area contributed by atoms with E-state index in [9.17, 15) is 9.18 Å². The number of furan rings is 1. The molecule has 4 heteroatoms. The van der Waals surface area contributed by atoms with Crippen molar-refractivity contribution in [2.24, 2.45) is 11.8 Å². The van der Waals surface area contributed by atoms with Crippen LogP contribution in [0.2, 0.25) is 0 Å². The molecule has 0 bridgehead atoms. The number of amides is 1. The molecule has 0 N–H and O–H groups in total. The predicted octanol–water partition coefficient (Wildman–Crippen LogP) is 5.06. The Morgan fingerprint density at radius 3 is 2.73 bits per heavy atom. The van der Waals surface area contributed by atoms with Crippen LogP contribution in [0.3, 0.4) is 0 Å². The van der Waals surface area contributed by atoms with Gasteiger partial charge in [0.15, 0.2) is 0 Å². The number of carbonyl (C=O) groups excluding carboxylic acids is 1. The molecule has 2 fully saturated rings. The molecular weight excluding hydrogens is 329 g/mol. The van der Waals surface area contributed by atoms with Crippen molar-refractivity contribution >= 4 is 5.91 Å². The zero-order chi connectivity index (χ0) is 17.9. The minimum Gasteiger partial charge on any atom is -0.461 e. The van der Waals surface area contributed by atoms with Crippen LogP contribution in [0.1, 0.15) is 44.3 Å². The van der Waals surface area contributed by atoms with E-state index in [2.05, 4.69) is 0 Å². The standard InChI is InChI=1S/C22H26FNO2/c23-20-8-4-3-7-19(20)21-11-9-18(26-21)10-12-22(25)24-14-13-16-5-1-2-6-17(16)15-24/h3-4,7-9,11,16-17H,1-2,5-6,10,12-15H2/t16-,17+/m1/s1. The highest BCUT2D eigenvalue weighted by Crippen LogP contribution is 2.36. The number of benzene rings is 1. The number of likely N-dealkylation sites (tertiary alicyclic amines) is 1. The van der Waals surface area contributed by atoms with Crippen LogP contribution < -0.4 is 0 Å². The van der Waals surface area contributed by atoms with Crippen molar-refractivity contribution in [2.75, 3.05) is 13.1 Å². The van der Waals surface area contributed by atoms with E-state index in [0.717, 1.165) is 31.2 Å². The summed E-state index contributed by atoms with van der Waals surface area (Å²) in [5.74, 6) is 2.73. The van der Waals surface area contributed by atoms with Gasteiger partial charge in [-0.3, -0.25) is 4.79 Å². The van der Waals surface area contributed by atoms with E-state index >= 15 is 0 Å². The summed E-state index contributed by atoms with van der Waals surface area (Å²) in [6.45, 7) is 1.83. The summed E-state index contributed by atoms with van der Waals surface area (Å²) in [6, 6.07) is 10.2. The number of hydrogen-bond acceptors (Lipinski definition) is 2.